The fraction of sp³-hybridized carbons (Fsp3) is 1.00. The first kappa shape index (κ1) is 13.8. The topological polar surface area (TPSA) is 65.5 Å². The van der Waals surface area contributed by atoms with E-state index in [0.29, 0.717) is 6.10 Å². The van der Waals surface area contributed by atoms with Crippen LogP contribution in [0.5, 0.6) is 0 Å². The van der Waals surface area contributed by atoms with Crippen molar-refractivity contribution in [2.24, 2.45) is 11.8 Å². The van der Waals surface area contributed by atoms with Gasteiger partial charge in [-0.15, -0.1) is 0 Å². The Balaban J connectivity index is 1.76. The second kappa shape index (κ2) is 4.42. The van der Waals surface area contributed by atoms with Gasteiger partial charge in [-0.1, -0.05) is 6.92 Å². The molecule has 0 aromatic rings. The Bertz CT molecular complexity index is 360. The summed E-state index contributed by atoms with van der Waals surface area (Å²) >= 11 is 0. The highest BCUT2D eigenvalue weighted by Gasteiger charge is 2.61. The van der Waals surface area contributed by atoms with Crippen LogP contribution in [0.25, 0.3) is 0 Å². The Kier molecular flexibility index (Phi) is 3.21. The molecule has 2 aliphatic heterocycles. The number of epoxide rings is 2. The Labute approximate surface area is 115 Å². The molecule has 0 amide bonds. The van der Waals surface area contributed by atoms with Gasteiger partial charge in [0, 0.05) is 6.61 Å². The van der Waals surface area contributed by atoms with E-state index in [1.165, 1.54) is 0 Å². The van der Waals surface area contributed by atoms with E-state index in [4.69, 9.17) is 9.47 Å². The fourth-order valence-corrected chi connectivity index (χ4v) is 3.79. The molecule has 0 aromatic carbocycles. The summed E-state index contributed by atoms with van der Waals surface area (Å²) in [7, 11) is 0. The van der Waals surface area contributed by atoms with Crippen LogP contribution in [-0.4, -0.2) is 46.3 Å². The van der Waals surface area contributed by atoms with Gasteiger partial charge in [0.15, 0.2) is 0 Å². The molecule has 0 unspecified atom stereocenters. The van der Waals surface area contributed by atoms with Crippen LogP contribution in [-0.2, 0) is 9.47 Å². The van der Waals surface area contributed by atoms with Crippen molar-refractivity contribution in [1.82, 2.24) is 0 Å². The molecule has 2 heterocycles. The molecule has 19 heavy (non-hydrogen) atoms. The number of hydrogen-bond acceptors (Lipinski definition) is 4. The van der Waals surface area contributed by atoms with E-state index in [9.17, 15) is 10.2 Å². The van der Waals surface area contributed by atoms with Crippen LogP contribution in [0.4, 0.5) is 0 Å². The van der Waals surface area contributed by atoms with Gasteiger partial charge >= 0.3 is 0 Å². The molecule has 3 rings (SSSR count). The molecule has 3 aliphatic rings. The van der Waals surface area contributed by atoms with E-state index < -0.39 is 6.10 Å². The average molecular weight is 270 g/mol. The molecule has 4 nitrogen and oxygen atoms in total. The zero-order chi connectivity index (χ0) is 13.8. The summed E-state index contributed by atoms with van der Waals surface area (Å²) in [6.07, 6.45) is 3.67. The quantitative estimate of drug-likeness (QED) is 0.746. The normalized spacial score (nSPS) is 54.8. The monoisotopic (exact) mass is 270 g/mol. The van der Waals surface area contributed by atoms with Crippen molar-refractivity contribution < 1.29 is 19.7 Å². The van der Waals surface area contributed by atoms with Crippen LogP contribution in [0.15, 0.2) is 0 Å². The zero-order valence-corrected chi connectivity index (χ0v) is 12.1. The minimum Gasteiger partial charge on any atom is -0.396 e. The number of aliphatic hydroxyl groups is 2. The number of hydrogen-bond donors (Lipinski definition) is 2. The van der Waals surface area contributed by atoms with Crippen molar-refractivity contribution in [1.29, 1.82) is 0 Å². The van der Waals surface area contributed by atoms with E-state index in [1.54, 1.807) is 0 Å². The van der Waals surface area contributed by atoms with Crippen molar-refractivity contribution in [2.75, 3.05) is 6.61 Å². The van der Waals surface area contributed by atoms with Crippen LogP contribution in [0.1, 0.15) is 46.5 Å². The molecular formula is C15H26O4. The maximum Gasteiger partial charge on any atom is 0.113 e. The maximum absolute atomic E-state index is 10.6. The number of ether oxygens (including phenoxy) is 2. The Morgan fingerprint density at radius 1 is 1.16 bits per heavy atom. The summed E-state index contributed by atoms with van der Waals surface area (Å²) < 4.78 is 11.6. The molecule has 1 aliphatic carbocycles. The molecule has 2 N–H and O–H groups in total. The number of fused-ring (bicyclic) bond motifs is 2. The van der Waals surface area contributed by atoms with Gasteiger partial charge < -0.3 is 19.7 Å². The third kappa shape index (κ3) is 2.33. The standard InChI is InChI=1S/C15H26O4/c1-9(8-16)10-4-6-14(2)11(18-14)5-7-15(3)13(19-15)12(10)17/h9-13,16-17H,4-8H2,1-3H3/t9-,10-,11+,12+,13-,14+,15-/m0/s1. The van der Waals surface area contributed by atoms with Crippen molar-refractivity contribution >= 4 is 0 Å². The van der Waals surface area contributed by atoms with Crippen LogP contribution >= 0.6 is 0 Å². The zero-order valence-electron chi connectivity index (χ0n) is 12.1. The third-order valence-corrected chi connectivity index (χ3v) is 5.62. The van der Waals surface area contributed by atoms with Gasteiger partial charge in [-0.05, 0) is 51.4 Å². The minimum atomic E-state index is -0.467. The first-order valence-corrected chi connectivity index (χ1v) is 7.54. The molecular weight excluding hydrogens is 244 g/mol. The van der Waals surface area contributed by atoms with Crippen LogP contribution < -0.4 is 0 Å². The number of aliphatic hydroxyl groups excluding tert-OH is 2. The summed E-state index contributed by atoms with van der Waals surface area (Å²) in [5.41, 5.74) is -0.192. The van der Waals surface area contributed by atoms with E-state index in [-0.39, 0.29) is 35.7 Å². The van der Waals surface area contributed by atoms with E-state index in [0.717, 1.165) is 25.7 Å². The highest BCUT2D eigenvalue weighted by atomic mass is 16.6. The molecule has 0 spiro atoms. The van der Waals surface area contributed by atoms with E-state index in [1.807, 2.05) is 6.92 Å². The molecule has 4 heteroatoms. The van der Waals surface area contributed by atoms with Crippen LogP contribution in [0, 0.1) is 11.8 Å². The molecule has 2 saturated heterocycles. The first-order chi connectivity index (χ1) is 8.89. The summed E-state index contributed by atoms with van der Waals surface area (Å²) in [5, 5.41) is 20.0. The third-order valence-electron chi connectivity index (χ3n) is 5.62. The number of rotatable bonds is 2. The van der Waals surface area contributed by atoms with Gasteiger partial charge in [0.25, 0.3) is 0 Å². The molecule has 3 fully saturated rings. The van der Waals surface area contributed by atoms with Gasteiger partial charge in [0.2, 0.25) is 0 Å². The van der Waals surface area contributed by atoms with Gasteiger partial charge in [0.1, 0.15) is 6.10 Å². The maximum atomic E-state index is 10.6. The molecule has 1 saturated carbocycles. The van der Waals surface area contributed by atoms with Gasteiger partial charge in [-0.3, -0.25) is 0 Å². The summed E-state index contributed by atoms with van der Waals surface area (Å²) in [4.78, 5) is 0. The lowest BCUT2D eigenvalue weighted by atomic mass is 9.78. The Morgan fingerprint density at radius 3 is 2.53 bits per heavy atom. The van der Waals surface area contributed by atoms with Crippen molar-refractivity contribution in [3.63, 3.8) is 0 Å². The molecule has 0 aromatic heterocycles. The van der Waals surface area contributed by atoms with Gasteiger partial charge in [-0.25, -0.2) is 0 Å². The first-order valence-electron chi connectivity index (χ1n) is 7.54. The second-order valence-corrected chi connectivity index (χ2v) is 7.16. The SMILES string of the molecule is C[C@@H](CO)[C@@H]1CC[C@@]2(C)O[C@@H]2CC[C@]2(C)O[C@H]2[C@@H]1O. The highest BCUT2D eigenvalue weighted by Crippen LogP contribution is 2.52. The average Bonchev–Trinajstić information content (AvgIpc) is 3.23. The van der Waals surface area contributed by atoms with Crippen LogP contribution in [0.3, 0.4) is 0 Å². The second-order valence-electron chi connectivity index (χ2n) is 7.16. The smallest absolute Gasteiger partial charge is 0.113 e. The highest BCUT2D eigenvalue weighted by molar-refractivity contribution is 5.09. The van der Waals surface area contributed by atoms with Crippen molar-refractivity contribution in [3.8, 4) is 0 Å². The molecule has 110 valence electrons. The van der Waals surface area contributed by atoms with E-state index in [2.05, 4.69) is 13.8 Å². The summed E-state index contributed by atoms with van der Waals surface area (Å²) in [5.74, 6) is 0.195. The lowest BCUT2D eigenvalue weighted by molar-refractivity contribution is 0.0259. The minimum absolute atomic E-state index is 0.00870. The Hall–Kier alpha value is -0.160. The predicted molar refractivity (Wildman–Crippen MR) is 70.8 cm³/mol. The van der Waals surface area contributed by atoms with Gasteiger partial charge in [0.05, 0.1) is 23.4 Å². The van der Waals surface area contributed by atoms with Gasteiger partial charge in [-0.2, -0.15) is 0 Å². The summed E-state index contributed by atoms with van der Waals surface area (Å²) in [6, 6.07) is 0. The summed E-state index contributed by atoms with van der Waals surface area (Å²) in [6.45, 7) is 6.38. The predicted octanol–water partition coefficient (Wildman–Crippen LogP) is 1.48. The fourth-order valence-electron chi connectivity index (χ4n) is 3.79. The van der Waals surface area contributed by atoms with Crippen LogP contribution in [0.2, 0.25) is 0 Å². The molecule has 0 radical (unpaired) electrons. The molecule has 7 atom stereocenters. The molecule has 0 bridgehead atoms. The lowest BCUT2D eigenvalue weighted by Crippen LogP contribution is -2.37. The van der Waals surface area contributed by atoms with Crippen molar-refractivity contribution in [3.05, 3.63) is 0 Å². The van der Waals surface area contributed by atoms with E-state index >= 15 is 0 Å². The lowest BCUT2D eigenvalue weighted by Gasteiger charge is -2.28. The van der Waals surface area contributed by atoms with Crippen molar-refractivity contribution in [2.45, 2.75) is 76.0 Å². The Morgan fingerprint density at radius 2 is 1.84 bits per heavy atom. The largest absolute Gasteiger partial charge is 0.396 e.